The Morgan fingerprint density at radius 3 is 2.39 bits per heavy atom. The highest BCUT2D eigenvalue weighted by Crippen LogP contribution is 2.29. The molecule has 1 aromatic heterocycles. The number of hydrogen-bond acceptors (Lipinski definition) is 5. The minimum Gasteiger partial charge on any atom is -0.376 e. The first-order chi connectivity index (χ1) is 13.3. The highest BCUT2D eigenvalue weighted by atomic mass is 32.1. The third kappa shape index (κ3) is 4.67. The van der Waals surface area contributed by atoms with E-state index in [1.54, 1.807) is 49.7 Å². The molecule has 3 aromatic rings. The van der Waals surface area contributed by atoms with Crippen molar-refractivity contribution in [2.45, 2.75) is 19.8 Å². The molecule has 3 rings (SSSR count). The van der Waals surface area contributed by atoms with Crippen molar-refractivity contribution in [3.05, 3.63) is 53.0 Å². The van der Waals surface area contributed by atoms with Gasteiger partial charge in [-0.05, 0) is 42.5 Å². The molecular weight excluding hydrogens is 372 g/mol. The van der Waals surface area contributed by atoms with E-state index >= 15 is 0 Å². The highest BCUT2D eigenvalue weighted by Gasteiger charge is 2.10. The lowest BCUT2D eigenvalue weighted by Crippen LogP contribution is -2.22. The van der Waals surface area contributed by atoms with E-state index in [0.717, 1.165) is 20.9 Å². The maximum absolute atomic E-state index is 12.2. The quantitative estimate of drug-likeness (QED) is 0.656. The maximum Gasteiger partial charge on any atom is 0.253 e. The molecule has 0 aliphatic rings. The van der Waals surface area contributed by atoms with Gasteiger partial charge in [0.05, 0.1) is 21.8 Å². The van der Waals surface area contributed by atoms with Gasteiger partial charge >= 0.3 is 0 Å². The molecule has 2 aromatic carbocycles. The van der Waals surface area contributed by atoms with Gasteiger partial charge in [0, 0.05) is 37.0 Å². The average Bonchev–Trinajstić information content (AvgIpc) is 3.10. The maximum atomic E-state index is 12.2. The van der Waals surface area contributed by atoms with Crippen LogP contribution in [0.4, 0.5) is 11.4 Å². The van der Waals surface area contributed by atoms with Gasteiger partial charge in [-0.2, -0.15) is 0 Å². The van der Waals surface area contributed by atoms with Crippen LogP contribution in [-0.2, 0) is 4.79 Å². The van der Waals surface area contributed by atoms with Crippen LogP contribution in [0.2, 0.25) is 0 Å². The van der Waals surface area contributed by atoms with E-state index in [2.05, 4.69) is 29.5 Å². The number of anilines is 2. The minimum absolute atomic E-state index is 0.0707. The lowest BCUT2D eigenvalue weighted by atomic mass is 10.2. The van der Waals surface area contributed by atoms with Crippen molar-refractivity contribution in [3.63, 3.8) is 0 Å². The minimum atomic E-state index is -0.154. The number of carbonyl (C=O) groups excluding carboxylic acids is 2. The van der Waals surface area contributed by atoms with Crippen molar-refractivity contribution in [2.24, 2.45) is 0 Å². The summed E-state index contributed by atoms with van der Waals surface area (Å²) in [6.45, 7) is 4.41. The Morgan fingerprint density at radius 2 is 1.75 bits per heavy atom. The Kier molecular flexibility index (Phi) is 5.94. The van der Waals surface area contributed by atoms with Crippen molar-refractivity contribution < 1.29 is 9.59 Å². The Bertz CT molecular complexity index is 993. The SMILES string of the molecule is CC(C)c1nc2ccc(NCC(=O)Nc3ccc(C(=O)N(C)C)cc3)cc2s1. The summed E-state index contributed by atoms with van der Waals surface area (Å²) in [4.78, 5) is 30.2. The smallest absolute Gasteiger partial charge is 0.253 e. The molecule has 2 amide bonds. The van der Waals surface area contributed by atoms with E-state index in [4.69, 9.17) is 0 Å². The van der Waals surface area contributed by atoms with Gasteiger partial charge in [0.15, 0.2) is 0 Å². The van der Waals surface area contributed by atoms with Crippen molar-refractivity contribution in [3.8, 4) is 0 Å². The van der Waals surface area contributed by atoms with Crippen LogP contribution >= 0.6 is 11.3 Å². The molecule has 0 aliphatic carbocycles. The molecule has 146 valence electrons. The van der Waals surface area contributed by atoms with E-state index in [1.807, 2.05) is 18.2 Å². The summed E-state index contributed by atoms with van der Waals surface area (Å²) in [5, 5.41) is 7.09. The van der Waals surface area contributed by atoms with Gasteiger partial charge in [-0.1, -0.05) is 13.8 Å². The number of aromatic nitrogens is 1. The van der Waals surface area contributed by atoms with Crippen molar-refractivity contribution in [2.75, 3.05) is 31.3 Å². The second-order valence-electron chi connectivity index (χ2n) is 7.07. The molecule has 0 radical (unpaired) electrons. The van der Waals surface area contributed by atoms with Crippen molar-refractivity contribution >= 4 is 44.7 Å². The number of amides is 2. The van der Waals surface area contributed by atoms with E-state index in [1.165, 1.54) is 4.90 Å². The first-order valence-corrected chi connectivity index (χ1v) is 9.91. The molecule has 0 unspecified atom stereocenters. The molecule has 0 bridgehead atoms. The standard InChI is InChI=1S/C21H24N4O2S/c1-13(2)20-24-17-10-9-16(11-18(17)28-20)22-12-19(26)23-15-7-5-14(6-8-15)21(27)25(3)4/h5-11,13,22H,12H2,1-4H3,(H,23,26). The van der Waals surface area contributed by atoms with Crippen molar-refractivity contribution in [1.29, 1.82) is 0 Å². The van der Waals surface area contributed by atoms with Gasteiger partial charge < -0.3 is 15.5 Å². The van der Waals surface area contributed by atoms with Crippen LogP contribution in [0.25, 0.3) is 10.2 Å². The Morgan fingerprint density at radius 1 is 1.07 bits per heavy atom. The monoisotopic (exact) mass is 396 g/mol. The molecule has 1 heterocycles. The van der Waals surface area contributed by atoms with Crippen LogP contribution in [0.15, 0.2) is 42.5 Å². The molecule has 0 atom stereocenters. The normalized spacial score (nSPS) is 10.9. The topological polar surface area (TPSA) is 74.3 Å². The zero-order valence-electron chi connectivity index (χ0n) is 16.4. The summed E-state index contributed by atoms with van der Waals surface area (Å²) in [7, 11) is 3.41. The molecule has 28 heavy (non-hydrogen) atoms. The Labute approximate surface area is 168 Å². The second-order valence-corrected chi connectivity index (χ2v) is 8.13. The number of benzene rings is 2. The number of nitrogens with one attached hydrogen (secondary N) is 2. The van der Waals surface area contributed by atoms with Gasteiger partial charge in [0.1, 0.15) is 0 Å². The third-order valence-corrected chi connectivity index (χ3v) is 5.49. The predicted molar refractivity (Wildman–Crippen MR) is 115 cm³/mol. The molecule has 7 heteroatoms. The molecule has 0 saturated carbocycles. The molecule has 6 nitrogen and oxygen atoms in total. The molecule has 0 fully saturated rings. The fourth-order valence-electron chi connectivity index (χ4n) is 2.64. The van der Waals surface area contributed by atoms with Crippen LogP contribution in [-0.4, -0.2) is 42.3 Å². The van der Waals surface area contributed by atoms with Crippen LogP contribution in [0.5, 0.6) is 0 Å². The number of nitrogens with zero attached hydrogens (tertiary/aromatic N) is 2. The van der Waals surface area contributed by atoms with Gasteiger partial charge in [0.2, 0.25) is 5.91 Å². The lowest BCUT2D eigenvalue weighted by molar-refractivity contribution is -0.114. The number of rotatable bonds is 6. The van der Waals surface area contributed by atoms with Gasteiger partial charge in [-0.3, -0.25) is 9.59 Å². The van der Waals surface area contributed by atoms with Crippen LogP contribution in [0, 0.1) is 0 Å². The Hall–Kier alpha value is -2.93. The molecular formula is C21H24N4O2S. The largest absolute Gasteiger partial charge is 0.376 e. The average molecular weight is 397 g/mol. The zero-order chi connectivity index (χ0) is 20.3. The predicted octanol–water partition coefficient (Wildman–Crippen LogP) is 4.17. The fourth-order valence-corrected chi connectivity index (χ4v) is 3.65. The number of carbonyl (C=O) groups is 2. The van der Waals surface area contributed by atoms with E-state index in [-0.39, 0.29) is 18.4 Å². The van der Waals surface area contributed by atoms with E-state index < -0.39 is 0 Å². The van der Waals surface area contributed by atoms with Gasteiger partial charge in [0.25, 0.3) is 5.91 Å². The second kappa shape index (κ2) is 8.39. The van der Waals surface area contributed by atoms with Crippen molar-refractivity contribution in [1.82, 2.24) is 9.88 Å². The zero-order valence-corrected chi connectivity index (χ0v) is 17.3. The molecule has 0 aliphatic heterocycles. The summed E-state index contributed by atoms with van der Waals surface area (Å²) in [6.07, 6.45) is 0. The first kappa shape index (κ1) is 19.8. The molecule has 2 N–H and O–H groups in total. The van der Waals surface area contributed by atoms with E-state index in [9.17, 15) is 9.59 Å². The Balaban J connectivity index is 1.58. The van der Waals surface area contributed by atoms with Gasteiger partial charge in [-0.15, -0.1) is 11.3 Å². The summed E-state index contributed by atoms with van der Waals surface area (Å²) in [5.41, 5.74) is 3.10. The van der Waals surface area contributed by atoms with Gasteiger partial charge in [-0.25, -0.2) is 4.98 Å². The van der Waals surface area contributed by atoms with E-state index in [0.29, 0.717) is 17.2 Å². The summed E-state index contributed by atoms with van der Waals surface area (Å²) >= 11 is 1.68. The first-order valence-electron chi connectivity index (χ1n) is 9.09. The van der Waals surface area contributed by atoms with Crippen LogP contribution < -0.4 is 10.6 Å². The summed E-state index contributed by atoms with van der Waals surface area (Å²) in [5.74, 6) is 0.177. The van der Waals surface area contributed by atoms with Crippen LogP contribution in [0.3, 0.4) is 0 Å². The fraction of sp³-hybridized carbons (Fsp3) is 0.286. The molecule has 0 spiro atoms. The number of hydrogen-bond donors (Lipinski definition) is 2. The molecule has 0 saturated heterocycles. The number of fused-ring (bicyclic) bond motifs is 1. The summed E-state index contributed by atoms with van der Waals surface area (Å²) in [6, 6.07) is 12.8. The van der Waals surface area contributed by atoms with Crippen LogP contribution in [0.1, 0.15) is 35.1 Å². The summed E-state index contributed by atoms with van der Waals surface area (Å²) < 4.78 is 1.11. The lowest BCUT2D eigenvalue weighted by Gasteiger charge is -2.11. The number of thiazole rings is 1. The third-order valence-electron chi connectivity index (χ3n) is 4.17. The highest BCUT2D eigenvalue weighted by molar-refractivity contribution is 7.18.